The highest BCUT2D eigenvalue weighted by Gasteiger charge is 2.38. The molecule has 138 valence electrons. The van der Waals surface area contributed by atoms with Crippen LogP contribution >= 0.6 is 0 Å². The molecule has 0 bridgehead atoms. The lowest BCUT2D eigenvalue weighted by molar-refractivity contribution is 0.0750. The lowest BCUT2D eigenvalue weighted by Crippen LogP contribution is -2.36. The van der Waals surface area contributed by atoms with E-state index in [9.17, 15) is 4.79 Å². The normalized spacial score (nSPS) is 24.1. The van der Waals surface area contributed by atoms with Crippen molar-refractivity contribution in [3.8, 4) is 0 Å². The van der Waals surface area contributed by atoms with Crippen LogP contribution in [0.25, 0.3) is 0 Å². The summed E-state index contributed by atoms with van der Waals surface area (Å²) in [7, 11) is 0. The third-order valence-corrected chi connectivity index (χ3v) is 5.91. The number of likely N-dealkylation sites (tertiary alicyclic amines) is 2. The van der Waals surface area contributed by atoms with Gasteiger partial charge in [0.25, 0.3) is 5.91 Å². The van der Waals surface area contributed by atoms with E-state index in [1.807, 2.05) is 4.90 Å². The molecular formula is C22H28N2O2. The summed E-state index contributed by atoms with van der Waals surface area (Å²) in [5.74, 6) is 1.35. The molecule has 0 N–H and O–H groups in total. The number of piperidine rings is 1. The molecule has 2 atom stereocenters. The molecule has 2 aliphatic heterocycles. The van der Waals surface area contributed by atoms with Crippen LogP contribution in [0.15, 0.2) is 47.1 Å². The van der Waals surface area contributed by atoms with Gasteiger partial charge in [-0.2, -0.15) is 0 Å². The zero-order valence-corrected chi connectivity index (χ0v) is 15.6. The van der Waals surface area contributed by atoms with E-state index in [0.717, 1.165) is 19.6 Å². The number of carbonyl (C=O) groups excluding carboxylic acids is 1. The van der Waals surface area contributed by atoms with Crippen LogP contribution in [-0.4, -0.2) is 48.4 Å². The minimum absolute atomic E-state index is 0.0215. The van der Waals surface area contributed by atoms with Crippen molar-refractivity contribution in [3.63, 3.8) is 0 Å². The average molecular weight is 352 g/mol. The Morgan fingerprint density at radius 3 is 2.54 bits per heavy atom. The van der Waals surface area contributed by atoms with Crippen LogP contribution in [0.1, 0.15) is 46.9 Å². The van der Waals surface area contributed by atoms with E-state index in [2.05, 4.69) is 36.1 Å². The first kappa shape index (κ1) is 17.3. The topological polar surface area (TPSA) is 36.7 Å². The number of amides is 1. The van der Waals surface area contributed by atoms with Gasteiger partial charge in [0.1, 0.15) is 0 Å². The van der Waals surface area contributed by atoms with Crippen LogP contribution < -0.4 is 0 Å². The predicted octanol–water partition coefficient (Wildman–Crippen LogP) is 3.93. The quantitative estimate of drug-likeness (QED) is 0.836. The number of nitrogens with zero attached hydrogens (tertiary/aromatic N) is 2. The molecule has 0 aliphatic carbocycles. The molecule has 1 aromatic heterocycles. The SMILES string of the molecule is Cc1ccc([C@H]2CN(C(=O)c3ccco3)C[C@H]2CN2CCCCC2)cc1. The summed E-state index contributed by atoms with van der Waals surface area (Å²) in [6, 6.07) is 12.4. The first-order valence-electron chi connectivity index (χ1n) is 9.82. The van der Waals surface area contributed by atoms with Crippen molar-refractivity contribution < 1.29 is 9.21 Å². The van der Waals surface area contributed by atoms with E-state index < -0.39 is 0 Å². The number of rotatable bonds is 4. The molecule has 0 spiro atoms. The average Bonchev–Trinajstić information content (AvgIpc) is 3.33. The van der Waals surface area contributed by atoms with E-state index in [0.29, 0.717) is 17.6 Å². The monoisotopic (exact) mass is 352 g/mol. The largest absolute Gasteiger partial charge is 0.459 e. The highest BCUT2D eigenvalue weighted by Crippen LogP contribution is 2.34. The summed E-state index contributed by atoms with van der Waals surface area (Å²) < 4.78 is 5.35. The van der Waals surface area contributed by atoms with Gasteiger partial charge in [0, 0.05) is 25.6 Å². The second-order valence-electron chi connectivity index (χ2n) is 7.83. The maximum absolute atomic E-state index is 12.8. The number of hydrogen-bond donors (Lipinski definition) is 0. The minimum Gasteiger partial charge on any atom is -0.459 e. The van der Waals surface area contributed by atoms with Gasteiger partial charge in [0.2, 0.25) is 0 Å². The molecule has 4 nitrogen and oxygen atoms in total. The third-order valence-electron chi connectivity index (χ3n) is 5.91. The molecule has 0 radical (unpaired) electrons. The van der Waals surface area contributed by atoms with Gasteiger partial charge < -0.3 is 14.2 Å². The minimum atomic E-state index is 0.0215. The molecular weight excluding hydrogens is 324 g/mol. The van der Waals surface area contributed by atoms with Crippen molar-refractivity contribution in [2.24, 2.45) is 5.92 Å². The van der Waals surface area contributed by atoms with Crippen molar-refractivity contribution in [2.45, 2.75) is 32.1 Å². The van der Waals surface area contributed by atoms with Crippen molar-refractivity contribution in [3.05, 3.63) is 59.5 Å². The van der Waals surface area contributed by atoms with E-state index in [-0.39, 0.29) is 5.91 Å². The van der Waals surface area contributed by atoms with Gasteiger partial charge in [0.05, 0.1) is 6.26 Å². The highest BCUT2D eigenvalue weighted by atomic mass is 16.3. The third kappa shape index (κ3) is 3.70. The molecule has 2 saturated heterocycles. The Bertz CT molecular complexity index is 717. The molecule has 1 amide bonds. The molecule has 2 aliphatic rings. The molecule has 3 heterocycles. The summed E-state index contributed by atoms with van der Waals surface area (Å²) in [6.45, 7) is 7.19. The summed E-state index contributed by atoms with van der Waals surface area (Å²) in [4.78, 5) is 17.4. The highest BCUT2D eigenvalue weighted by molar-refractivity contribution is 5.91. The number of carbonyl (C=O) groups is 1. The van der Waals surface area contributed by atoms with Crippen molar-refractivity contribution in [1.29, 1.82) is 0 Å². The van der Waals surface area contributed by atoms with E-state index in [1.54, 1.807) is 18.4 Å². The fourth-order valence-electron chi connectivity index (χ4n) is 4.44. The molecule has 26 heavy (non-hydrogen) atoms. The lowest BCUT2D eigenvalue weighted by Gasteiger charge is -2.31. The zero-order chi connectivity index (χ0) is 17.9. The zero-order valence-electron chi connectivity index (χ0n) is 15.6. The van der Waals surface area contributed by atoms with E-state index in [4.69, 9.17) is 4.42 Å². The predicted molar refractivity (Wildman–Crippen MR) is 102 cm³/mol. The Morgan fingerprint density at radius 2 is 1.85 bits per heavy atom. The summed E-state index contributed by atoms with van der Waals surface area (Å²) >= 11 is 0. The van der Waals surface area contributed by atoms with Crippen LogP contribution in [0.4, 0.5) is 0 Å². The summed E-state index contributed by atoms with van der Waals surface area (Å²) in [5, 5.41) is 0. The smallest absolute Gasteiger partial charge is 0.289 e. The van der Waals surface area contributed by atoms with Crippen LogP contribution in [-0.2, 0) is 0 Å². The molecule has 2 aromatic rings. The van der Waals surface area contributed by atoms with Crippen molar-refractivity contribution >= 4 is 5.91 Å². The summed E-state index contributed by atoms with van der Waals surface area (Å²) in [5.41, 5.74) is 2.63. The fourth-order valence-corrected chi connectivity index (χ4v) is 4.44. The van der Waals surface area contributed by atoms with Gasteiger partial charge in [-0.25, -0.2) is 0 Å². The number of benzene rings is 1. The number of furan rings is 1. The Kier molecular flexibility index (Phi) is 5.11. The fraction of sp³-hybridized carbons (Fsp3) is 0.500. The Hall–Kier alpha value is -2.07. The van der Waals surface area contributed by atoms with Gasteiger partial charge in [-0.15, -0.1) is 0 Å². The number of hydrogen-bond acceptors (Lipinski definition) is 3. The van der Waals surface area contributed by atoms with Crippen LogP contribution in [0.2, 0.25) is 0 Å². The van der Waals surface area contributed by atoms with Gasteiger partial charge in [0.15, 0.2) is 5.76 Å². The molecule has 0 saturated carbocycles. The standard InChI is InChI=1S/C22H28N2O2/c1-17-7-9-18(10-8-17)20-16-24(22(25)21-6-5-13-26-21)15-19(20)14-23-11-3-2-4-12-23/h5-10,13,19-20H,2-4,11-12,14-16H2,1H3/t19-,20-/m1/s1. The Balaban J connectivity index is 1.53. The van der Waals surface area contributed by atoms with Gasteiger partial charge in [-0.1, -0.05) is 36.2 Å². The van der Waals surface area contributed by atoms with Gasteiger partial charge in [-0.05, 0) is 56.5 Å². The van der Waals surface area contributed by atoms with Crippen LogP contribution in [0.3, 0.4) is 0 Å². The summed E-state index contributed by atoms with van der Waals surface area (Å²) in [6.07, 6.45) is 5.53. The molecule has 4 heteroatoms. The molecule has 1 aromatic carbocycles. The Morgan fingerprint density at radius 1 is 1.08 bits per heavy atom. The van der Waals surface area contributed by atoms with Crippen molar-refractivity contribution in [1.82, 2.24) is 9.80 Å². The number of aryl methyl sites for hydroxylation is 1. The second kappa shape index (κ2) is 7.67. The first-order chi connectivity index (χ1) is 12.7. The maximum atomic E-state index is 12.8. The first-order valence-corrected chi connectivity index (χ1v) is 9.82. The Labute approximate surface area is 155 Å². The molecule has 4 rings (SSSR count). The van der Waals surface area contributed by atoms with Crippen LogP contribution in [0.5, 0.6) is 0 Å². The second-order valence-corrected chi connectivity index (χ2v) is 7.83. The maximum Gasteiger partial charge on any atom is 0.289 e. The lowest BCUT2D eigenvalue weighted by atomic mass is 9.88. The van der Waals surface area contributed by atoms with E-state index >= 15 is 0 Å². The molecule has 0 unspecified atom stereocenters. The van der Waals surface area contributed by atoms with E-state index in [1.165, 1.54) is 43.5 Å². The van der Waals surface area contributed by atoms with Gasteiger partial charge >= 0.3 is 0 Å². The molecule has 2 fully saturated rings. The van der Waals surface area contributed by atoms with Gasteiger partial charge in [-0.3, -0.25) is 4.79 Å². The van der Waals surface area contributed by atoms with Crippen molar-refractivity contribution in [2.75, 3.05) is 32.7 Å². The van der Waals surface area contributed by atoms with Crippen LogP contribution in [0, 0.1) is 12.8 Å².